The molecule has 0 N–H and O–H groups in total. The minimum absolute atomic E-state index is 0.108. The zero-order chi connectivity index (χ0) is 17.8. The van der Waals surface area contributed by atoms with Gasteiger partial charge in [0.15, 0.2) is 5.82 Å². The highest BCUT2D eigenvalue weighted by atomic mass is 16.5. The SMILES string of the molecule is COC(=O)[C@@]12CN(c3cc(-c4nc(C)no4)ccn3)C[C@@H]1C(C)(C)C2. The van der Waals surface area contributed by atoms with Crippen LogP contribution in [0.15, 0.2) is 22.9 Å². The number of hydrogen-bond acceptors (Lipinski definition) is 7. The Morgan fingerprint density at radius 2 is 2.24 bits per heavy atom. The normalized spacial score (nSPS) is 26.9. The van der Waals surface area contributed by atoms with Crippen LogP contribution in [0.25, 0.3) is 11.5 Å². The summed E-state index contributed by atoms with van der Waals surface area (Å²) in [5.41, 5.74) is 0.539. The van der Waals surface area contributed by atoms with Crippen molar-refractivity contribution in [3.8, 4) is 11.5 Å². The van der Waals surface area contributed by atoms with E-state index in [0.29, 0.717) is 18.3 Å². The summed E-state index contributed by atoms with van der Waals surface area (Å²) >= 11 is 0. The van der Waals surface area contributed by atoms with Crippen molar-refractivity contribution in [2.75, 3.05) is 25.1 Å². The molecule has 0 aromatic carbocycles. The summed E-state index contributed by atoms with van der Waals surface area (Å²) in [5, 5.41) is 3.84. The summed E-state index contributed by atoms with van der Waals surface area (Å²) in [4.78, 5) is 23.4. The highest BCUT2D eigenvalue weighted by Gasteiger charge is 2.67. The number of nitrogens with zero attached hydrogens (tertiary/aromatic N) is 4. The predicted octanol–water partition coefficient (Wildman–Crippen LogP) is 2.47. The molecule has 1 aliphatic carbocycles. The van der Waals surface area contributed by atoms with E-state index in [1.165, 1.54) is 7.11 Å². The van der Waals surface area contributed by atoms with Gasteiger partial charge in [-0.25, -0.2) is 4.98 Å². The van der Waals surface area contributed by atoms with Crippen molar-refractivity contribution in [2.24, 2.45) is 16.7 Å². The number of aromatic nitrogens is 3. The maximum Gasteiger partial charge on any atom is 0.313 e. The largest absolute Gasteiger partial charge is 0.469 e. The van der Waals surface area contributed by atoms with Crippen molar-refractivity contribution in [2.45, 2.75) is 27.2 Å². The number of carbonyl (C=O) groups excluding carboxylic acids is 1. The lowest BCUT2D eigenvalue weighted by Gasteiger charge is -2.54. The van der Waals surface area contributed by atoms with E-state index >= 15 is 0 Å². The van der Waals surface area contributed by atoms with Crippen molar-refractivity contribution in [3.05, 3.63) is 24.2 Å². The quantitative estimate of drug-likeness (QED) is 0.793. The predicted molar refractivity (Wildman–Crippen MR) is 90.8 cm³/mol. The molecule has 0 spiro atoms. The van der Waals surface area contributed by atoms with Gasteiger partial charge in [-0.15, -0.1) is 0 Å². The second-order valence-corrected chi connectivity index (χ2v) is 7.80. The molecule has 0 bridgehead atoms. The molecule has 1 saturated carbocycles. The number of carbonyl (C=O) groups is 1. The molecule has 7 nitrogen and oxygen atoms in total. The minimum atomic E-state index is -0.420. The summed E-state index contributed by atoms with van der Waals surface area (Å²) in [7, 11) is 1.47. The third-order valence-corrected chi connectivity index (χ3v) is 5.69. The topological polar surface area (TPSA) is 81.4 Å². The minimum Gasteiger partial charge on any atom is -0.469 e. The van der Waals surface area contributed by atoms with E-state index in [1.807, 2.05) is 12.1 Å². The van der Waals surface area contributed by atoms with Crippen LogP contribution in [0, 0.1) is 23.7 Å². The molecule has 0 amide bonds. The van der Waals surface area contributed by atoms with Gasteiger partial charge in [0.1, 0.15) is 5.82 Å². The maximum absolute atomic E-state index is 12.5. The smallest absolute Gasteiger partial charge is 0.313 e. The number of hydrogen-bond donors (Lipinski definition) is 0. The first-order valence-corrected chi connectivity index (χ1v) is 8.46. The number of esters is 1. The summed E-state index contributed by atoms with van der Waals surface area (Å²) < 4.78 is 10.4. The van der Waals surface area contributed by atoms with Gasteiger partial charge in [0.25, 0.3) is 5.89 Å². The third-order valence-electron chi connectivity index (χ3n) is 5.69. The fourth-order valence-corrected chi connectivity index (χ4v) is 4.69. The van der Waals surface area contributed by atoms with Crippen LogP contribution in [0.2, 0.25) is 0 Å². The molecule has 3 heterocycles. The molecule has 4 rings (SSSR count). The van der Waals surface area contributed by atoms with Crippen LogP contribution in [0.3, 0.4) is 0 Å². The average Bonchev–Trinajstić information content (AvgIpc) is 3.16. The second kappa shape index (κ2) is 5.28. The third kappa shape index (κ3) is 2.33. The number of methoxy groups -OCH3 is 1. The molecule has 7 heteroatoms. The lowest BCUT2D eigenvalue weighted by atomic mass is 9.48. The number of aryl methyl sites for hydroxylation is 1. The molecule has 2 aromatic rings. The van der Waals surface area contributed by atoms with E-state index in [2.05, 4.69) is 33.9 Å². The van der Waals surface area contributed by atoms with Gasteiger partial charge in [0.05, 0.1) is 12.5 Å². The van der Waals surface area contributed by atoms with Gasteiger partial charge >= 0.3 is 5.97 Å². The lowest BCUT2D eigenvalue weighted by Crippen LogP contribution is -2.57. The molecule has 1 aliphatic heterocycles. The molecular weight excluding hydrogens is 320 g/mol. The molecule has 1 saturated heterocycles. The Bertz CT molecular complexity index is 831. The van der Waals surface area contributed by atoms with E-state index in [1.54, 1.807) is 13.1 Å². The lowest BCUT2D eigenvalue weighted by molar-refractivity contribution is -0.174. The summed E-state index contributed by atoms with van der Waals surface area (Å²) in [6.07, 6.45) is 2.58. The number of rotatable bonds is 3. The maximum atomic E-state index is 12.5. The van der Waals surface area contributed by atoms with Crippen LogP contribution in [-0.4, -0.2) is 41.3 Å². The summed E-state index contributed by atoms with van der Waals surface area (Å²) in [6, 6.07) is 3.79. The van der Waals surface area contributed by atoms with Gasteiger partial charge in [0.2, 0.25) is 0 Å². The van der Waals surface area contributed by atoms with Crippen molar-refractivity contribution >= 4 is 11.8 Å². The Morgan fingerprint density at radius 3 is 2.88 bits per heavy atom. The first kappa shape index (κ1) is 16.1. The van der Waals surface area contributed by atoms with Gasteiger partial charge < -0.3 is 14.2 Å². The van der Waals surface area contributed by atoms with Gasteiger partial charge in [-0.1, -0.05) is 19.0 Å². The van der Waals surface area contributed by atoms with Crippen molar-refractivity contribution in [3.63, 3.8) is 0 Å². The van der Waals surface area contributed by atoms with E-state index in [9.17, 15) is 4.79 Å². The fourth-order valence-electron chi connectivity index (χ4n) is 4.69. The molecule has 2 fully saturated rings. The first-order valence-electron chi connectivity index (χ1n) is 8.46. The van der Waals surface area contributed by atoms with E-state index in [0.717, 1.165) is 24.3 Å². The Kier molecular flexibility index (Phi) is 3.39. The number of ether oxygens (including phenoxy) is 1. The van der Waals surface area contributed by atoms with Crippen molar-refractivity contribution in [1.82, 2.24) is 15.1 Å². The summed E-state index contributed by atoms with van der Waals surface area (Å²) in [6.45, 7) is 7.64. The fraction of sp³-hybridized carbons (Fsp3) is 0.556. The summed E-state index contributed by atoms with van der Waals surface area (Å²) in [5.74, 6) is 2.05. The monoisotopic (exact) mass is 342 g/mol. The Hall–Kier alpha value is -2.44. The van der Waals surface area contributed by atoms with Gasteiger partial charge in [0, 0.05) is 24.8 Å². The molecule has 25 heavy (non-hydrogen) atoms. The highest BCUT2D eigenvalue weighted by molar-refractivity contribution is 5.81. The van der Waals surface area contributed by atoms with Crippen LogP contribution in [0.5, 0.6) is 0 Å². The second-order valence-electron chi connectivity index (χ2n) is 7.80. The molecule has 0 radical (unpaired) electrons. The van der Waals surface area contributed by atoms with Gasteiger partial charge in [-0.3, -0.25) is 4.79 Å². The Morgan fingerprint density at radius 1 is 1.44 bits per heavy atom. The molecule has 0 unspecified atom stereocenters. The zero-order valence-electron chi connectivity index (χ0n) is 14.9. The van der Waals surface area contributed by atoms with Crippen molar-refractivity contribution in [1.29, 1.82) is 0 Å². The molecule has 132 valence electrons. The zero-order valence-corrected chi connectivity index (χ0v) is 14.9. The number of anilines is 1. The van der Waals surface area contributed by atoms with E-state index in [-0.39, 0.29) is 17.3 Å². The number of fused-ring (bicyclic) bond motifs is 1. The van der Waals surface area contributed by atoms with E-state index in [4.69, 9.17) is 9.26 Å². The van der Waals surface area contributed by atoms with Crippen LogP contribution >= 0.6 is 0 Å². The van der Waals surface area contributed by atoms with Crippen LogP contribution in [0.1, 0.15) is 26.1 Å². The molecule has 2 aromatic heterocycles. The van der Waals surface area contributed by atoms with E-state index < -0.39 is 5.41 Å². The standard InChI is InChI=1S/C18H22N4O3/c1-11-20-15(25-21-11)12-5-6-19-14(7-12)22-8-13-17(2,3)9-18(13,10-22)16(23)24-4/h5-7,13H,8-10H2,1-4H3/t13-,18+/m1/s1. The van der Waals surface area contributed by atoms with Crippen molar-refractivity contribution < 1.29 is 14.1 Å². The molecular formula is C18H22N4O3. The Balaban J connectivity index is 1.64. The van der Waals surface area contributed by atoms with Gasteiger partial charge in [-0.05, 0) is 36.8 Å². The molecule has 2 aliphatic rings. The first-order chi connectivity index (χ1) is 11.9. The highest BCUT2D eigenvalue weighted by Crippen LogP contribution is 2.63. The average molecular weight is 342 g/mol. The van der Waals surface area contributed by atoms with Crippen LogP contribution in [0.4, 0.5) is 5.82 Å². The van der Waals surface area contributed by atoms with Crippen LogP contribution in [-0.2, 0) is 9.53 Å². The number of pyridine rings is 1. The Labute approximate surface area is 146 Å². The molecule has 2 atom stereocenters. The van der Waals surface area contributed by atoms with Crippen LogP contribution < -0.4 is 4.90 Å². The van der Waals surface area contributed by atoms with Gasteiger partial charge in [-0.2, -0.15) is 4.98 Å².